The van der Waals surface area contributed by atoms with Gasteiger partial charge in [-0.1, -0.05) is 19.9 Å². The van der Waals surface area contributed by atoms with E-state index in [9.17, 15) is 19.2 Å². The third kappa shape index (κ3) is 12.0. The van der Waals surface area contributed by atoms with E-state index in [0.29, 0.717) is 18.4 Å². The topological polar surface area (TPSA) is 150 Å². The Labute approximate surface area is 217 Å². The summed E-state index contributed by atoms with van der Waals surface area (Å²) < 4.78 is 31.3. The van der Waals surface area contributed by atoms with Crippen LogP contribution in [-0.4, -0.2) is 54.2 Å². The van der Waals surface area contributed by atoms with E-state index in [1.54, 1.807) is 40.7 Å². The van der Waals surface area contributed by atoms with Crippen LogP contribution in [0.5, 0.6) is 11.5 Å². The SMILES string of the molecule is CCC(C)(C)OC(=O)Oc1ccc(C[C@H](N)C(=O)O[C@H](C)COC(C)=O)cc1OC(=O)OC(C)(C)CC. The Bertz CT molecular complexity index is 957. The van der Waals surface area contributed by atoms with E-state index in [2.05, 4.69) is 0 Å². The molecule has 0 unspecified atom stereocenters. The molecule has 0 bridgehead atoms. The quantitative estimate of drug-likeness (QED) is 0.234. The van der Waals surface area contributed by atoms with Crippen LogP contribution in [0.15, 0.2) is 18.2 Å². The average molecular weight is 526 g/mol. The fraction of sp³-hybridized carbons (Fsp3) is 0.615. The van der Waals surface area contributed by atoms with E-state index in [-0.39, 0.29) is 24.5 Å². The molecule has 0 spiro atoms. The average Bonchev–Trinajstić information content (AvgIpc) is 2.78. The number of esters is 2. The number of nitrogens with two attached hydrogens (primary N) is 1. The van der Waals surface area contributed by atoms with Crippen molar-refractivity contribution in [1.82, 2.24) is 0 Å². The van der Waals surface area contributed by atoms with Crippen LogP contribution in [0.3, 0.4) is 0 Å². The van der Waals surface area contributed by atoms with Crippen LogP contribution >= 0.6 is 0 Å². The first kappa shape index (κ1) is 31.7. The smallest absolute Gasteiger partial charge is 0.462 e. The molecule has 0 aliphatic heterocycles. The molecule has 0 heterocycles. The second kappa shape index (κ2) is 13.8. The van der Waals surface area contributed by atoms with Crippen molar-refractivity contribution >= 4 is 24.2 Å². The Morgan fingerprint density at radius 2 is 1.41 bits per heavy atom. The second-order valence-corrected chi connectivity index (χ2v) is 9.78. The zero-order valence-electron chi connectivity index (χ0n) is 22.9. The lowest BCUT2D eigenvalue weighted by molar-refractivity contribution is -0.157. The molecule has 0 amide bonds. The van der Waals surface area contributed by atoms with Gasteiger partial charge in [-0.25, -0.2) is 9.59 Å². The molecule has 1 aromatic carbocycles. The molecule has 0 aliphatic carbocycles. The Morgan fingerprint density at radius 1 is 0.892 bits per heavy atom. The molecule has 2 atom stereocenters. The number of benzene rings is 1. The number of carbonyl (C=O) groups is 4. The molecule has 37 heavy (non-hydrogen) atoms. The van der Waals surface area contributed by atoms with E-state index in [1.807, 2.05) is 13.8 Å². The summed E-state index contributed by atoms with van der Waals surface area (Å²) in [6, 6.07) is 3.28. The molecule has 11 nitrogen and oxygen atoms in total. The van der Waals surface area contributed by atoms with Gasteiger partial charge in [-0.05, 0) is 71.6 Å². The van der Waals surface area contributed by atoms with E-state index >= 15 is 0 Å². The Kier molecular flexibility index (Phi) is 11.8. The molecule has 11 heteroatoms. The van der Waals surface area contributed by atoms with Crippen molar-refractivity contribution in [3.05, 3.63) is 23.8 Å². The maximum Gasteiger partial charge on any atom is 0.514 e. The fourth-order valence-corrected chi connectivity index (χ4v) is 2.55. The summed E-state index contributed by atoms with van der Waals surface area (Å²) in [7, 11) is 0. The predicted molar refractivity (Wildman–Crippen MR) is 133 cm³/mol. The Hall–Kier alpha value is -3.34. The minimum Gasteiger partial charge on any atom is -0.462 e. The second-order valence-electron chi connectivity index (χ2n) is 9.78. The van der Waals surface area contributed by atoms with Gasteiger partial charge in [0.05, 0.1) is 0 Å². The van der Waals surface area contributed by atoms with Gasteiger partial charge in [0.2, 0.25) is 0 Å². The van der Waals surface area contributed by atoms with E-state index < -0.39 is 47.6 Å². The molecule has 2 N–H and O–H groups in total. The summed E-state index contributed by atoms with van der Waals surface area (Å²) in [6.45, 7) is 13.3. The summed E-state index contributed by atoms with van der Waals surface area (Å²) in [5, 5.41) is 0. The van der Waals surface area contributed by atoms with Crippen LogP contribution in [0.2, 0.25) is 0 Å². The van der Waals surface area contributed by atoms with Gasteiger partial charge < -0.3 is 34.2 Å². The van der Waals surface area contributed by atoms with Crippen LogP contribution in [0, 0.1) is 0 Å². The van der Waals surface area contributed by atoms with E-state index in [0.717, 1.165) is 0 Å². The van der Waals surface area contributed by atoms with Crippen LogP contribution < -0.4 is 15.2 Å². The maximum absolute atomic E-state index is 12.4. The molecule has 1 aromatic rings. The molecule has 1 rings (SSSR count). The zero-order valence-corrected chi connectivity index (χ0v) is 22.9. The van der Waals surface area contributed by atoms with Crippen molar-refractivity contribution in [2.24, 2.45) is 5.73 Å². The molecule has 208 valence electrons. The van der Waals surface area contributed by atoms with Gasteiger partial charge in [-0.3, -0.25) is 9.59 Å². The Balaban J connectivity index is 3.06. The molecule has 0 fully saturated rings. The number of rotatable bonds is 12. The van der Waals surface area contributed by atoms with Gasteiger partial charge in [-0.15, -0.1) is 0 Å². The highest BCUT2D eigenvalue weighted by Crippen LogP contribution is 2.31. The highest BCUT2D eigenvalue weighted by Gasteiger charge is 2.26. The van der Waals surface area contributed by atoms with Crippen molar-refractivity contribution in [3.8, 4) is 11.5 Å². The van der Waals surface area contributed by atoms with E-state index in [1.165, 1.54) is 19.1 Å². The summed E-state index contributed by atoms with van der Waals surface area (Å²) in [4.78, 5) is 48.0. The van der Waals surface area contributed by atoms with Gasteiger partial charge in [0.1, 0.15) is 30.0 Å². The zero-order chi connectivity index (χ0) is 28.4. The van der Waals surface area contributed by atoms with Gasteiger partial charge in [-0.2, -0.15) is 0 Å². The summed E-state index contributed by atoms with van der Waals surface area (Å²) in [5.41, 5.74) is 4.93. The first-order chi connectivity index (χ1) is 17.1. The van der Waals surface area contributed by atoms with Gasteiger partial charge in [0, 0.05) is 6.92 Å². The first-order valence-electron chi connectivity index (χ1n) is 12.1. The molecule has 0 aliphatic rings. The molecule has 0 aromatic heterocycles. The lowest BCUT2D eigenvalue weighted by Gasteiger charge is -2.24. The highest BCUT2D eigenvalue weighted by atomic mass is 16.8. The van der Waals surface area contributed by atoms with Crippen molar-refractivity contribution in [2.75, 3.05) is 6.61 Å². The lowest BCUT2D eigenvalue weighted by atomic mass is 10.1. The first-order valence-corrected chi connectivity index (χ1v) is 12.1. The molecular weight excluding hydrogens is 486 g/mol. The van der Waals surface area contributed by atoms with Crippen LogP contribution in [0.25, 0.3) is 0 Å². The van der Waals surface area contributed by atoms with Crippen molar-refractivity contribution in [2.45, 2.75) is 98.0 Å². The predicted octanol–water partition coefficient (Wildman–Crippen LogP) is 4.46. The summed E-state index contributed by atoms with van der Waals surface area (Å²) >= 11 is 0. The van der Waals surface area contributed by atoms with Crippen molar-refractivity contribution in [3.63, 3.8) is 0 Å². The van der Waals surface area contributed by atoms with Crippen LogP contribution in [-0.2, 0) is 35.0 Å². The van der Waals surface area contributed by atoms with Crippen LogP contribution in [0.4, 0.5) is 9.59 Å². The fourth-order valence-electron chi connectivity index (χ4n) is 2.55. The van der Waals surface area contributed by atoms with Crippen molar-refractivity contribution < 1.29 is 47.6 Å². The van der Waals surface area contributed by atoms with Gasteiger partial charge in [0.15, 0.2) is 11.5 Å². The standard InChI is InChI=1S/C26H39NO10/c1-9-25(5,6)36-23(30)34-20-12-11-18(14-21(20)35-24(31)37-26(7,8)10-2)13-19(27)22(29)33-16(3)15-32-17(4)28/h11-12,14,16,19H,9-10,13,15,27H2,1-8H3/t16-,19+/m1/s1. The minimum absolute atomic E-state index is 0.0125. The molecular formula is C26H39NO10. The third-order valence-corrected chi connectivity index (χ3v) is 5.41. The largest absolute Gasteiger partial charge is 0.514 e. The number of hydrogen-bond acceptors (Lipinski definition) is 11. The lowest BCUT2D eigenvalue weighted by Crippen LogP contribution is -2.37. The molecule has 0 saturated carbocycles. The molecule has 0 saturated heterocycles. The van der Waals surface area contributed by atoms with Gasteiger partial charge >= 0.3 is 24.2 Å². The monoisotopic (exact) mass is 525 g/mol. The highest BCUT2D eigenvalue weighted by molar-refractivity contribution is 5.76. The number of hydrogen-bond donors (Lipinski definition) is 1. The Morgan fingerprint density at radius 3 is 1.89 bits per heavy atom. The van der Waals surface area contributed by atoms with Crippen LogP contribution in [0.1, 0.15) is 73.8 Å². The minimum atomic E-state index is -1.07. The number of carbonyl (C=O) groups excluding carboxylic acids is 4. The van der Waals surface area contributed by atoms with Crippen molar-refractivity contribution in [1.29, 1.82) is 0 Å². The third-order valence-electron chi connectivity index (χ3n) is 5.41. The van der Waals surface area contributed by atoms with Gasteiger partial charge in [0.25, 0.3) is 0 Å². The normalized spacial score (nSPS) is 13.1. The molecule has 0 radical (unpaired) electrons. The maximum atomic E-state index is 12.4. The number of ether oxygens (including phenoxy) is 6. The summed E-state index contributed by atoms with van der Waals surface area (Å²) in [6.07, 6.45) is -1.56. The summed E-state index contributed by atoms with van der Waals surface area (Å²) in [5.74, 6) is -1.41. The van der Waals surface area contributed by atoms with E-state index in [4.69, 9.17) is 34.2 Å².